The Morgan fingerprint density at radius 1 is 0.538 bits per heavy atom. The molecule has 1 heterocycles. The molecule has 122 valence electrons. The lowest BCUT2D eigenvalue weighted by atomic mass is 9.93. The summed E-state index contributed by atoms with van der Waals surface area (Å²) in [5.41, 5.74) is 3.17. The van der Waals surface area contributed by atoms with Gasteiger partial charge in [0.2, 0.25) is 0 Å². The topological polar surface area (TPSA) is 13.1 Å². The number of benzene rings is 5. The van der Waals surface area contributed by atoms with Crippen LogP contribution in [0.3, 0.4) is 0 Å². The Labute approximate surface area is 150 Å². The van der Waals surface area contributed by atoms with Crippen molar-refractivity contribution in [3.63, 3.8) is 0 Å². The van der Waals surface area contributed by atoms with Crippen LogP contribution in [0.5, 0.6) is 0 Å². The second-order valence-corrected chi connectivity index (χ2v) is 7.06. The standard InChI is InChI=1S/C25H16O/c1-15-10-11-19-22-13-12-21-18-8-3-2-6-16(18)17-7-4-5-9-20(17)24(21)25(22)26-23(19)14-15/h2-14H,1H3. The van der Waals surface area contributed by atoms with Gasteiger partial charge in [0.15, 0.2) is 0 Å². The molecule has 0 aliphatic carbocycles. The molecule has 26 heavy (non-hydrogen) atoms. The van der Waals surface area contributed by atoms with Gasteiger partial charge in [-0.25, -0.2) is 0 Å². The molecule has 0 aliphatic rings. The summed E-state index contributed by atoms with van der Waals surface area (Å²) in [7, 11) is 0. The molecule has 0 N–H and O–H groups in total. The summed E-state index contributed by atoms with van der Waals surface area (Å²) in [5.74, 6) is 0. The van der Waals surface area contributed by atoms with Gasteiger partial charge in [-0.1, -0.05) is 66.7 Å². The Kier molecular flexibility index (Phi) is 2.60. The molecule has 1 heteroatoms. The highest BCUT2D eigenvalue weighted by Gasteiger charge is 2.15. The zero-order chi connectivity index (χ0) is 17.3. The van der Waals surface area contributed by atoms with Crippen molar-refractivity contribution >= 4 is 54.3 Å². The molecule has 6 aromatic rings. The fourth-order valence-electron chi connectivity index (χ4n) is 4.33. The first-order valence-electron chi connectivity index (χ1n) is 8.96. The van der Waals surface area contributed by atoms with E-state index in [-0.39, 0.29) is 0 Å². The van der Waals surface area contributed by atoms with Gasteiger partial charge in [0.1, 0.15) is 11.2 Å². The molecular formula is C25H16O. The maximum Gasteiger partial charge on any atom is 0.143 e. The third kappa shape index (κ3) is 1.70. The Morgan fingerprint density at radius 2 is 1.08 bits per heavy atom. The highest BCUT2D eigenvalue weighted by atomic mass is 16.3. The van der Waals surface area contributed by atoms with Crippen LogP contribution in [-0.4, -0.2) is 0 Å². The quantitative estimate of drug-likeness (QED) is 0.265. The second kappa shape index (κ2) is 4.86. The normalized spacial score (nSPS) is 12.0. The maximum absolute atomic E-state index is 6.40. The Bertz CT molecular complexity index is 1450. The van der Waals surface area contributed by atoms with Crippen molar-refractivity contribution in [2.24, 2.45) is 0 Å². The Balaban J connectivity index is 1.98. The summed E-state index contributed by atoms with van der Waals surface area (Å²) in [4.78, 5) is 0. The molecule has 0 saturated heterocycles. The van der Waals surface area contributed by atoms with Crippen LogP contribution in [-0.2, 0) is 0 Å². The van der Waals surface area contributed by atoms with Crippen LogP contribution in [0.25, 0.3) is 54.3 Å². The van der Waals surface area contributed by atoms with E-state index < -0.39 is 0 Å². The molecule has 0 radical (unpaired) electrons. The first-order chi connectivity index (χ1) is 12.8. The third-order valence-corrected chi connectivity index (χ3v) is 5.50. The summed E-state index contributed by atoms with van der Waals surface area (Å²) in [6.45, 7) is 2.10. The fraction of sp³-hybridized carbons (Fsp3) is 0.0400. The first kappa shape index (κ1) is 13.9. The van der Waals surface area contributed by atoms with E-state index in [2.05, 4.69) is 85.8 Å². The van der Waals surface area contributed by atoms with Gasteiger partial charge in [-0.15, -0.1) is 0 Å². The molecule has 0 unspecified atom stereocenters. The van der Waals surface area contributed by atoms with Gasteiger partial charge < -0.3 is 4.42 Å². The number of aryl methyl sites for hydroxylation is 1. The number of fused-ring (bicyclic) bond motifs is 10. The van der Waals surface area contributed by atoms with Crippen LogP contribution in [0.15, 0.2) is 83.3 Å². The Hall–Kier alpha value is -3.32. The van der Waals surface area contributed by atoms with Crippen LogP contribution >= 0.6 is 0 Å². The number of hydrogen-bond donors (Lipinski definition) is 0. The van der Waals surface area contributed by atoms with Crippen LogP contribution in [0.2, 0.25) is 0 Å². The predicted molar refractivity (Wildman–Crippen MR) is 111 cm³/mol. The van der Waals surface area contributed by atoms with E-state index in [1.807, 2.05) is 0 Å². The first-order valence-corrected chi connectivity index (χ1v) is 8.96. The third-order valence-electron chi connectivity index (χ3n) is 5.50. The summed E-state index contributed by atoms with van der Waals surface area (Å²) < 4.78 is 6.40. The highest BCUT2D eigenvalue weighted by Crippen LogP contribution is 2.41. The number of hydrogen-bond acceptors (Lipinski definition) is 1. The van der Waals surface area contributed by atoms with Crippen LogP contribution < -0.4 is 0 Å². The molecule has 0 saturated carbocycles. The summed E-state index contributed by atoms with van der Waals surface area (Å²) >= 11 is 0. The Morgan fingerprint density at radius 3 is 1.81 bits per heavy atom. The molecule has 0 amide bonds. The van der Waals surface area contributed by atoms with Crippen LogP contribution in [0.1, 0.15) is 5.56 Å². The van der Waals surface area contributed by atoms with E-state index >= 15 is 0 Å². The largest absolute Gasteiger partial charge is 0.455 e. The summed E-state index contributed by atoms with van der Waals surface area (Å²) in [6, 6.07) is 28.2. The van der Waals surface area contributed by atoms with Crippen molar-refractivity contribution in [2.45, 2.75) is 6.92 Å². The van der Waals surface area contributed by atoms with Gasteiger partial charge in [0.05, 0.1) is 0 Å². The molecule has 0 fully saturated rings. The molecule has 0 spiro atoms. The van der Waals surface area contributed by atoms with E-state index in [1.54, 1.807) is 0 Å². The van der Waals surface area contributed by atoms with Gasteiger partial charge in [-0.05, 0) is 51.6 Å². The van der Waals surface area contributed by atoms with Gasteiger partial charge >= 0.3 is 0 Å². The lowest BCUT2D eigenvalue weighted by molar-refractivity contribution is 0.672. The molecule has 5 aromatic carbocycles. The minimum atomic E-state index is 0.963. The van der Waals surface area contributed by atoms with E-state index in [1.165, 1.54) is 48.7 Å². The smallest absolute Gasteiger partial charge is 0.143 e. The summed E-state index contributed by atoms with van der Waals surface area (Å²) in [6.07, 6.45) is 0. The minimum Gasteiger partial charge on any atom is -0.455 e. The van der Waals surface area contributed by atoms with Crippen molar-refractivity contribution in [1.82, 2.24) is 0 Å². The van der Waals surface area contributed by atoms with Crippen LogP contribution in [0.4, 0.5) is 0 Å². The van der Waals surface area contributed by atoms with Gasteiger partial charge in [-0.3, -0.25) is 0 Å². The van der Waals surface area contributed by atoms with Gasteiger partial charge in [0.25, 0.3) is 0 Å². The highest BCUT2D eigenvalue weighted by molar-refractivity contribution is 6.32. The van der Waals surface area contributed by atoms with E-state index in [4.69, 9.17) is 4.42 Å². The van der Waals surface area contributed by atoms with E-state index in [9.17, 15) is 0 Å². The molecule has 0 aliphatic heterocycles. The number of rotatable bonds is 0. The van der Waals surface area contributed by atoms with Crippen LogP contribution in [0, 0.1) is 6.92 Å². The van der Waals surface area contributed by atoms with E-state index in [0.717, 1.165) is 11.2 Å². The average Bonchev–Trinajstić information content (AvgIpc) is 3.05. The molecule has 1 aromatic heterocycles. The van der Waals surface area contributed by atoms with E-state index in [0.29, 0.717) is 0 Å². The SMILES string of the molecule is Cc1ccc2c(c1)oc1c2ccc2c3ccccc3c3ccccc3c21. The van der Waals surface area contributed by atoms with Crippen molar-refractivity contribution < 1.29 is 4.42 Å². The molecule has 0 atom stereocenters. The summed E-state index contributed by atoms with van der Waals surface area (Å²) in [5, 5.41) is 9.94. The van der Waals surface area contributed by atoms with Gasteiger partial charge in [0, 0.05) is 16.2 Å². The zero-order valence-electron chi connectivity index (χ0n) is 14.4. The number of furan rings is 1. The lowest BCUT2D eigenvalue weighted by Crippen LogP contribution is -1.83. The monoisotopic (exact) mass is 332 g/mol. The molecular weight excluding hydrogens is 316 g/mol. The van der Waals surface area contributed by atoms with Crippen molar-refractivity contribution in [2.75, 3.05) is 0 Å². The molecule has 0 bridgehead atoms. The van der Waals surface area contributed by atoms with Gasteiger partial charge in [-0.2, -0.15) is 0 Å². The minimum absolute atomic E-state index is 0.963. The fourth-order valence-corrected chi connectivity index (χ4v) is 4.33. The predicted octanol–water partition coefficient (Wildman–Crippen LogP) is 7.35. The van der Waals surface area contributed by atoms with Crippen molar-refractivity contribution in [3.8, 4) is 0 Å². The maximum atomic E-state index is 6.40. The lowest BCUT2D eigenvalue weighted by Gasteiger charge is -2.10. The molecule has 6 rings (SSSR count). The molecule has 1 nitrogen and oxygen atoms in total. The van der Waals surface area contributed by atoms with Crippen molar-refractivity contribution in [3.05, 3.63) is 84.4 Å². The second-order valence-electron chi connectivity index (χ2n) is 7.06. The average molecular weight is 332 g/mol. The zero-order valence-corrected chi connectivity index (χ0v) is 14.4. The van der Waals surface area contributed by atoms with Crippen molar-refractivity contribution in [1.29, 1.82) is 0 Å².